The van der Waals surface area contributed by atoms with E-state index in [2.05, 4.69) is 10.2 Å². The van der Waals surface area contributed by atoms with Crippen molar-refractivity contribution in [3.8, 4) is 0 Å². The maximum Gasteiger partial charge on any atom is 0.356 e. The minimum absolute atomic E-state index is 0.0905. The highest BCUT2D eigenvalue weighted by Gasteiger charge is 2.15. The van der Waals surface area contributed by atoms with Gasteiger partial charge in [-0.1, -0.05) is 0 Å². The molecule has 0 aliphatic rings. The van der Waals surface area contributed by atoms with Crippen molar-refractivity contribution >= 4 is 30.2 Å². The number of azo groups is 1. The van der Waals surface area contributed by atoms with Crippen molar-refractivity contribution in [2.75, 3.05) is 0 Å². The molecule has 0 aliphatic heterocycles. The normalized spacial score (nSPS) is 11.7. The van der Waals surface area contributed by atoms with Crippen LogP contribution in [0.3, 0.4) is 0 Å². The van der Waals surface area contributed by atoms with Gasteiger partial charge in [-0.15, -0.1) is 0 Å². The van der Waals surface area contributed by atoms with E-state index in [9.17, 15) is 9.36 Å². The third kappa shape index (κ3) is 4.06. The van der Waals surface area contributed by atoms with Gasteiger partial charge in [-0.05, 0) is 48.5 Å². The summed E-state index contributed by atoms with van der Waals surface area (Å²) in [5.74, 6) is -1.02. The van der Waals surface area contributed by atoms with Crippen molar-refractivity contribution in [2.24, 2.45) is 10.2 Å². The number of carboxylic acids is 1. The highest BCUT2D eigenvalue weighted by molar-refractivity contribution is 7.60. The van der Waals surface area contributed by atoms with Crippen molar-refractivity contribution in [1.82, 2.24) is 0 Å². The second-order valence-electron chi connectivity index (χ2n) is 4.11. The van der Waals surface area contributed by atoms with E-state index in [0.717, 1.165) is 0 Å². The van der Waals surface area contributed by atoms with Crippen molar-refractivity contribution in [2.45, 2.75) is 0 Å². The second kappa shape index (κ2) is 5.97. The van der Waals surface area contributed by atoms with Gasteiger partial charge in [-0.25, -0.2) is 4.79 Å². The van der Waals surface area contributed by atoms with Crippen LogP contribution in [0.1, 0.15) is 10.4 Å². The van der Waals surface area contributed by atoms with Gasteiger partial charge < -0.3 is 14.9 Å². The number of hydrogen-bond acceptors (Lipinski definition) is 4. The van der Waals surface area contributed by atoms with Crippen molar-refractivity contribution < 1.29 is 24.3 Å². The lowest BCUT2D eigenvalue weighted by atomic mass is 10.2. The first-order valence-corrected chi connectivity index (χ1v) is 7.39. The van der Waals surface area contributed by atoms with E-state index in [1.54, 1.807) is 0 Å². The number of nitrogens with zero attached hydrogens (tertiary/aromatic N) is 2. The lowest BCUT2D eigenvalue weighted by molar-refractivity contribution is 0.0697. The van der Waals surface area contributed by atoms with Gasteiger partial charge in [0.25, 0.3) is 0 Å². The summed E-state index contributed by atoms with van der Waals surface area (Å²) in [5.41, 5.74) is 1.05. The minimum atomic E-state index is -4.26. The second-order valence-corrected chi connectivity index (χ2v) is 5.72. The zero-order valence-corrected chi connectivity index (χ0v) is 11.5. The molecule has 0 spiro atoms. The first-order valence-electron chi connectivity index (χ1n) is 5.77. The monoisotopic (exact) mass is 306 g/mol. The molecular weight excluding hydrogens is 295 g/mol. The van der Waals surface area contributed by atoms with Crippen molar-refractivity contribution in [1.29, 1.82) is 0 Å². The number of hydrogen-bond donors (Lipinski definition) is 3. The Bertz CT molecular complexity index is 719. The quantitative estimate of drug-likeness (QED) is 0.592. The molecule has 108 valence electrons. The summed E-state index contributed by atoms with van der Waals surface area (Å²) in [6, 6.07) is 11.3. The summed E-state index contributed by atoms with van der Waals surface area (Å²) >= 11 is 0. The van der Waals surface area contributed by atoms with Crippen molar-refractivity contribution in [3.05, 3.63) is 54.1 Å². The molecule has 0 saturated carbocycles. The molecule has 0 atom stereocenters. The highest BCUT2D eigenvalue weighted by Crippen LogP contribution is 2.33. The molecule has 2 aromatic rings. The first kappa shape index (κ1) is 15.1. The lowest BCUT2D eigenvalue weighted by Gasteiger charge is -2.02. The molecule has 8 heteroatoms. The predicted molar refractivity (Wildman–Crippen MR) is 75.7 cm³/mol. The van der Waals surface area contributed by atoms with Gasteiger partial charge in [0.1, 0.15) is 0 Å². The molecule has 0 radical (unpaired) electrons. The van der Waals surface area contributed by atoms with Crippen LogP contribution in [0, 0.1) is 0 Å². The summed E-state index contributed by atoms with van der Waals surface area (Å²) < 4.78 is 11.0. The molecule has 0 amide bonds. The van der Waals surface area contributed by atoms with Crippen LogP contribution in [0.25, 0.3) is 0 Å². The van der Waals surface area contributed by atoms with Gasteiger partial charge in [-0.3, -0.25) is 4.57 Å². The van der Waals surface area contributed by atoms with Crippen LogP contribution < -0.4 is 5.30 Å². The largest absolute Gasteiger partial charge is 0.478 e. The number of carbonyl (C=O) groups is 1. The van der Waals surface area contributed by atoms with E-state index < -0.39 is 13.6 Å². The number of aromatic carboxylic acids is 1. The van der Waals surface area contributed by atoms with Crippen LogP contribution in [0.15, 0.2) is 58.8 Å². The van der Waals surface area contributed by atoms with E-state index in [-0.39, 0.29) is 10.9 Å². The van der Waals surface area contributed by atoms with Gasteiger partial charge >= 0.3 is 13.6 Å². The Balaban J connectivity index is 2.14. The Hall–Kier alpha value is -2.34. The molecule has 0 fully saturated rings. The zero-order valence-electron chi connectivity index (χ0n) is 10.6. The molecule has 0 bridgehead atoms. The summed E-state index contributed by atoms with van der Waals surface area (Å²) in [4.78, 5) is 28.6. The third-order valence-electron chi connectivity index (χ3n) is 2.58. The van der Waals surface area contributed by atoms with Crippen LogP contribution in [0.5, 0.6) is 0 Å². The molecule has 3 N–H and O–H groups in total. The molecular formula is C13H11N2O5P. The zero-order chi connectivity index (χ0) is 15.5. The highest BCUT2D eigenvalue weighted by atomic mass is 31.2. The summed E-state index contributed by atoms with van der Waals surface area (Å²) in [5, 5.41) is 16.5. The molecule has 7 nitrogen and oxygen atoms in total. The van der Waals surface area contributed by atoms with E-state index >= 15 is 0 Å². The Morgan fingerprint density at radius 2 is 1.29 bits per heavy atom. The minimum Gasteiger partial charge on any atom is -0.478 e. The van der Waals surface area contributed by atoms with Gasteiger partial charge in [0.15, 0.2) is 0 Å². The van der Waals surface area contributed by atoms with Crippen LogP contribution in [-0.2, 0) is 4.57 Å². The Morgan fingerprint density at radius 3 is 1.67 bits per heavy atom. The molecule has 0 aliphatic carbocycles. The topological polar surface area (TPSA) is 120 Å². The third-order valence-corrected chi connectivity index (χ3v) is 3.55. The fourth-order valence-corrected chi connectivity index (χ4v) is 2.04. The smallest absolute Gasteiger partial charge is 0.356 e. The standard InChI is InChI=1S/C13H11N2O5P/c16-13(17)9-1-3-10(4-2-9)14-15-11-5-7-12(8-6-11)21(18,19)20/h1-8H,(H,16,17)(H2,18,19,20). The summed E-state index contributed by atoms with van der Waals surface area (Å²) in [6.07, 6.45) is 0. The van der Waals surface area contributed by atoms with E-state index in [4.69, 9.17) is 14.9 Å². The van der Waals surface area contributed by atoms with Crippen LogP contribution in [-0.4, -0.2) is 20.9 Å². The van der Waals surface area contributed by atoms with Gasteiger partial charge in [0.2, 0.25) is 0 Å². The summed E-state index contributed by atoms with van der Waals surface area (Å²) in [6.45, 7) is 0. The SMILES string of the molecule is O=C(O)c1ccc(N=Nc2ccc(P(=O)(O)O)cc2)cc1. The molecule has 0 heterocycles. The van der Waals surface area contributed by atoms with Crippen LogP contribution in [0.2, 0.25) is 0 Å². The predicted octanol–water partition coefficient (Wildman–Crippen LogP) is 2.60. The average molecular weight is 306 g/mol. The maximum atomic E-state index is 11.0. The number of carboxylic acid groups (broad SMARTS) is 1. The molecule has 0 unspecified atom stereocenters. The summed E-state index contributed by atoms with van der Waals surface area (Å²) in [7, 11) is -4.26. The van der Waals surface area contributed by atoms with Crippen LogP contribution in [0.4, 0.5) is 11.4 Å². The van der Waals surface area contributed by atoms with Gasteiger partial charge in [0, 0.05) is 0 Å². The molecule has 2 rings (SSSR count). The van der Waals surface area contributed by atoms with E-state index in [1.165, 1.54) is 48.5 Å². The van der Waals surface area contributed by atoms with Crippen molar-refractivity contribution in [3.63, 3.8) is 0 Å². The van der Waals surface area contributed by atoms with E-state index in [0.29, 0.717) is 11.4 Å². The molecule has 0 saturated heterocycles. The Labute approximate surface area is 119 Å². The Kier molecular flexibility index (Phi) is 4.28. The van der Waals surface area contributed by atoms with E-state index in [1.807, 2.05) is 0 Å². The fraction of sp³-hybridized carbons (Fsp3) is 0. The first-order chi connectivity index (χ1) is 9.86. The fourth-order valence-electron chi connectivity index (χ4n) is 1.50. The van der Waals surface area contributed by atoms with Gasteiger partial charge in [-0.2, -0.15) is 10.2 Å². The van der Waals surface area contributed by atoms with Crippen LogP contribution >= 0.6 is 7.60 Å². The Morgan fingerprint density at radius 1 is 0.857 bits per heavy atom. The average Bonchev–Trinajstić information content (AvgIpc) is 2.45. The molecule has 2 aromatic carbocycles. The number of benzene rings is 2. The van der Waals surface area contributed by atoms with Gasteiger partial charge in [0.05, 0.1) is 22.2 Å². The molecule has 0 aromatic heterocycles. The lowest BCUT2D eigenvalue weighted by Crippen LogP contribution is -2.01. The number of rotatable bonds is 4. The maximum absolute atomic E-state index is 11.0. The molecule has 21 heavy (non-hydrogen) atoms.